The van der Waals surface area contributed by atoms with Gasteiger partial charge >= 0.3 is 0 Å². The molecule has 1 fully saturated rings. The van der Waals surface area contributed by atoms with E-state index in [0.717, 1.165) is 30.8 Å². The minimum absolute atomic E-state index is 0.0301. The van der Waals surface area contributed by atoms with Crippen LogP contribution in [-0.2, 0) is 11.2 Å². The van der Waals surface area contributed by atoms with E-state index in [0.29, 0.717) is 6.04 Å². The van der Waals surface area contributed by atoms with Crippen LogP contribution in [0.2, 0.25) is 5.02 Å². The van der Waals surface area contributed by atoms with Crippen LogP contribution in [0.3, 0.4) is 0 Å². The van der Waals surface area contributed by atoms with Crippen LogP contribution < -0.4 is 5.32 Å². The van der Waals surface area contributed by atoms with Crippen LogP contribution in [0.25, 0.3) is 0 Å². The Morgan fingerprint density at radius 2 is 2.12 bits per heavy atom. The van der Waals surface area contributed by atoms with E-state index < -0.39 is 0 Å². The third-order valence-corrected chi connectivity index (χ3v) is 3.91. The highest BCUT2D eigenvalue weighted by Gasteiger charge is 2.31. The summed E-state index contributed by atoms with van der Waals surface area (Å²) in [6.07, 6.45) is 3.18. The smallest absolute Gasteiger partial charge is 0.0677 e. The molecule has 17 heavy (non-hydrogen) atoms. The van der Waals surface area contributed by atoms with Crippen molar-refractivity contribution in [2.45, 2.75) is 37.8 Å². The minimum Gasteiger partial charge on any atom is -0.378 e. The summed E-state index contributed by atoms with van der Waals surface area (Å²) >= 11 is 5.89. The van der Waals surface area contributed by atoms with E-state index in [1.165, 1.54) is 5.56 Å². The summed E-state index contributed by atoms with van der Waals surface area (Å²) in [5.41, 5.74) is 1.36. The van der Waals surface area contributed by atoms with E-state index in [-0.39, 0.29) is 5.60 Å². The molecule has 0 bridgehead atoms. The second kappa shape index (κ2) is 5.38. The SMILES string of the molecule is COC1(C)CCN[C@@H](Cc2ccc(Cl)cc2)C1. The molecule has 2 nitrogen and oxygen atoms in total. The highest BCUT2D eigenvalue weighted by Crippen LogP contribution is 2.26. The van der Waals surface area contributed by atoms with Gasteiger partial charge in [0.25, 0.3) is 0 Å². The Morgan fingerprint density at radius 1 is 1.41 bits per heavy atom. The predicted molar refractivity (Wildman–Crippen MR) is 71.6 cm³/mol. The number of halogens is 1. The first-order valence-electron chi connectivity index (χ1n) is 6.14. The Morgan fingerprint density at radius 3 is 2.76 bits per heavy atom. The van der Waals surface area contributed by atoms with Gasteiger partial charge in [-0.3, -0.25) is 0 Å². The van der Waals surface area contributed by atoms with Gasteiger partial charge in [-0.05, 0) is 50.4 Å². The van der Waals surface area contributed by atoms with Crippen molar-refractivity contribution in [3.05, 3.63) is 34.9 Å². The van der Waals surface area contributed by atoms with Gasteiger partial charge in [-0.25, -0.2) is 0 Å². The van der Waals surface area contributed by atoms with Crippen LogP contribution in [0.1, 0.15) is 25.3 Å². The number of hydrogen-bond acceptors (Lipinski definition) is 2. The molecule has 1 aromatic carbocycles. The molecular weight excluding hydrogens is 234 g/mol. The predicted octanol–water partition coefficient (Wildman–Crippen LogP) is 3.04. The largest absolute Gasteiger partial charge is 0.378 e. The number of ether oxygens (including phenoxy) is 1. The van der Waals surface area contributed by atoms with Gasteiger partial charge < -0.3 is 10.1 Å². The third-order valence-electron chi connectivity index (χ3n) is 3.65. The Kier molecular flexibility index (Phi) is 4.08. The Labute approximate surface area is 108 Å². The number of piperidine rings is 1. The van der Waals surface area contributed by atoms with E-state index in [4.69, 9.17) is 16.3 Å². The molecule has 0 amide bonds. The first-order chi connectivity index (χ1) is 8.11. The van der Waals surface area contributed by atoms with Crippen molar-refractivity contribution in [1.82, 2.24) is 5.32 Å². The molecule has 0 aliphatic carbocycles. The van der Waals surface area contributed by atoms with Gasteiger partial charge in [0, 0.05) is 18.2 Å². The average Bonchev–Trinajstić information content (AvgIpc) is 2.32. The van der Waals surface area contributed by atoms with Crippen LogP contribution in [0.5, 0.6) is 0 Å². The van der Waals surface area contributed by atoms with E-state index in [1.807, 2.05) is 19.2 Å². The van der Waals surface area contributed by atoms with Gasteiger partial charge in [-0.2, -0.15) is 0 Å². The fourth-order valence-electron chi connectivity index (χ4n) is 2.47. The Balaban J connectivity index is 1.97. The standard InChI is InChI=1S/C14H20ClNO/c1-14(17-2)7-8-16-13(10-14)9-11-3-5-12(15)6-4-11/h3-6,13,16H,7-10H2,1-2H3/t13-,14?/m0/s1. The quantitative estimate of drug-likeness (QED) is 0.894. The molecule has 0 saturated carbocycles. The molecule has 2 atom stereocenters. The van der Waals surface area contributed by atoms with Crippen LogP contribution >= 0.6 is 11.6 Å². The fraction of sp³-hybridized carbons (Fsp3) is 0.571. The highest BCUT2D eigenvalue weighted by molar-refractivity contribution is 6.30. The van der Waals surface area contributed by atoms with Crippen LogP contribution in [-0.4, -0.2) is 25.3 Å². The molecule has 1 N–H and O–H groups in total. The second-order valence-corrected chi connectivity index (χ2v) is 5.53. The lowest BCUT2D eigenvalue weighted by Crippen LogP contribution is -2.48. The molecule has 1 heterocycles. The van der Waals surface area contributed by atoms with Crippen molar-refractivity contribution in [2.75, 3.05) is 13.7 Å². The summed E-state index contributed by atoms with van der Waals surface area (Å²) in [4.78, 5) is 0. The van der Waals surface area contributed by atoms with Crippen LogP contribution in [0.4, 0.5) is 0 Å². The van der Waals surface area contributed by atoms with Gasteiger partial charge in [-0.15, -0.1) is 0 Å². The summed E-state index contributed by atoms with van der Waals surface area (Å²) in [6.45, 7) is 3.23. The number of nitrogens with one attached hydrogen (secondary N) is 1. The maximum atomic E-state index is 5.89. The Hall–Kier alpha value is -0.570. The lowest BCUT2D eigenvalue weighted by atomic mass is 9.86. The van der Waals surface area contributed by atoms with E-state index in [9.17, 15) is 0 Å². The zero-order chi connectivity index (χ0) is 12.3. The fourth-order valence-corrected chi connectivity index (χ4v) is 2.60. The molecule has 1 aromatic rings. The lowest BCUT2D eigenvalue weighted by molar-refractivity contribution is -0.0295. The molecule has 94 valence electrons. The maximum absolute atomic E-state index is 5.89. The van der Waals surface area contributed by atoms with Crippen molar-refractivity contribution in [2.24, 2.45) is 0 Å². The van der Waals surface area contributed by atoms with Crippen molar-refractivity contribution in [1.29, 1.82) is 0 Å². The summed E-state index contributed by atoms with van der Waals surface area (Å²) in [7, 11) is 1.81. The minimum atomic E-state index is 0.0301. The maximum Gasteiger partial charge on any atom is 0.0677 e. The monoisotopic (exact) mass is 253 g/mol. The van der Waals surface area contributed by atoms with Crippen LogP contribution in [0.15, 0.2) is 24.3 Å². The third kappa shape index (κ3) is 3.44. The molecule has 0 spiro atoms. The zero-order valence-electron chi connectivity index (χ0n) is 10.5. The molecule has 1 unspecified atom stereocenters. The molecule has 1 aliphatic heterocycles. The molecular formula is C14H20ClNO. The summed E-state index contributed by atoms with van der Waals surface area (Å²) in [6, 6.07) is 8.60. The molecule has 0 aromatic heterocycles. The molecule has 1 aliphatic rings. The Bertz CT molecular complexity index is 365. The first kappa shape index (κ1) is 12.9. The molecule has 0 radical (unpaired) electrons. The summed E-state index contributed by atoms with van der Waals surface area (Å²) in [5, 5.41) is 4.36. The van der Waals surface area contributed by atoms with Crippen molar-refractivity contribution >= 4 is 11.6 Å². The molecule has 3 heteroatoms. The normalized spacial score (nSPS) is 29.2. The summed E-state index contributed by atoms with van der Waals surface area (Å²) in [5.74, 6) is 0. The number of methoxy groups -OCH3 is 1. The van der Waals surface area contributed by atoms with Crippen molar-refractivity contribution in [3.8, 4) is 0 Å². The van der Waals surface area contributed by atoms with Crippen molar-refractivity contribution in [3.63, 3.8) is 0 Å². The lowest BCUT2D eigenvalue weighted by Gasteiger charge is -2.38. The van der Waals surface area contributed by atoms with Gasteiger partial charge in [0.05, 0.1) is 5.60 Å². The number of benzene rings is 1. The van der Waals surface area contributed by atoms with Gasteiger partial charge in [0.15, 0.2) is 0 Å². The van der Waals surface area contributed by atoms with Crippen LogP contribution in [0, 0.1) is 0 Å². The average molecular weight is 254 g/mol. The van der Waals surface area contributed by atoms with E-state index in [1.54, 1.807) is 0 Å². The van der Waals surface area contributed by atoms with Gasteiger partial charge in [0.1, 0.15) is 0 Å². The molecule has 2 rings (SSSR count). The van der Waals surface area contributed by atoms with Gasteiger partial charge in [0.2, 0.25) is 0 Å². The van der Waals surface area contributed by atoms with E-state index >= 15 is 0 Å². The molecule has 1 saturated heterocycles. The first-order valence-corrected chi connectivity index (χ1v) is 6.52. The summed E-state index contributed by atoms with van der Waals surface area (Å²) < 4.78 is 5.60. The van der Waals surface area contributed by atoms with E-state index in [2.05, 4.69) is 24.4 Å². The topological polar surface area (TPSA) is 21.3 Å². The number of rotatable bonds is 3. The highest BCUT2D eigenvalue weighted by atomic mass is 35.5. The second-order valence-electron chi connectivity index (χ2n) is 5.09. The zero-order valence-corrected chi connectivity index (χ0v) is 11.3. The van der Waals surface area contributed by atoms with Gasteiger partial charge in [-0.1, -0.05) is 23.7 Å². The number of hydrogen-bond donors (Lipinski definition) is 1. The van der Waals surface area contributed by atoms with Crippen molar-refractivity contribution < 1.29 is 4.74 Å².